The van der Waals surface area contributed by atoms with Gasteiger partial charge in [-0.2, -0.15) is 0 Å². The van der Waals surface area contributed by atoms with Gasteiger partial charge in [0.1, 0.15) is 4.90 Å². The number of hydrogen-bond donors (Lipinski definition) is 2. The molecule has 1 aromatic rings. The second-order valence-electron chi connectivity index (χ2n) is 3.67. The van der Waals surface area contributed by atoms with Gasteiger partial charge in [0.2, 0.25) is 10.0 Å². The van der Waals surface area contributed by atoms with Crippen molar-refractivity contribution in [1.29, 1.82) is 0 Å². The molecule has 18 heavy (non-hydrogen) atoms. The molecule has 1 rings (SSSR count). The smallest absolute Gasteiger partial charge is 0.243 e. The summed E-state index contributed by atoms with van der Waals surface area (Å²) < 4.78 is 52.4. The fraction of sp³-hybridized carbons (Fsp3) is 0.455. The second kappa shape index (κ2) is 6.21. The predicted molar refractivity (Wildman–Crippen MR) is 64.6 cm³/mol. The molecule has 0 unspecified atom stereocenters. The van der Waals surface area contributed by atoms with Gasteiger partial charge >= 0.3 is 0 Å². The van der Waals surface area contributed by atoms with Crippen LogP contribution in [0.1, 0.15) is 19.4 Å². The van der Waals surface area contributed by atoms with Crippen LogP contribution in [0.4, 0.5) is 8.78 Å². The average molecular weight is 278 g/mol. The van der Waals surface area contributed by atoms with Crippen molar-refractivity contribution >= 4 is 10.0 Å². The van der Waals surface area contributed by atoms with Crippen LogP contribution in [0.2, 0.25) is 0 Å². The van der Waals surface area contributed by atoms with E-state index in [1.165, 1.54) is 0 Å². The van der Waals surface area contributed by atoms with Crippen LogP contribution in [0, 0.1) is 11.6 Å². The zero-order chi connectivity index (χ0) is 13.8. The Morgan fingerprint density at radius 1 is 1.17 bits per heavy atom. The van der Waals surface area contributed by atoms with Gasteiger partial charge in [-0.3, -0.25) is 0 Å². The molecule has 0 heterocycles. The normalized spacial score (nSPS) is 11.8. The molecule has 0 aliphatic carbocycles. The van der Waals surface area contributed by atoms with Crippen LogP contribution in [0.15, 0.2) is 17.0 Å². The van der Waals surface area contributed by atoms with Crippen LogP contribution in [-0.4, -0.2) is 21.5 Å². The van der Waals surface area contributed by atoms with Gasteiger partial charge in [0, 0.05) is 13.1 Å². The number of sulfonamides is 1. The Balaban J connectivity index is 3.22. The third-order valence-corrected chi connectivity index (χ3v) is 3.80. The molecule has 0 fully saturated rings. The molecule has 102 valence electrons. The highest BCUT2D eigenvalue weighted by Crippen LogP contribution is 2.19. The standard InChI is InChI=1S/C11H16F2N2O2S/c1-3-14-7-8-5-9(12)11(13)10(6-8)18(16,17)15-4-2/h5-6,14-15H,3-4,7H2,1-2H3. The van der Waals surface area contributed by atoms with Crippen molar-refractivity contribution < 1.29 is 17.2 Å². The van der Waals surface area contributed by atoms with E-state index in [0.29, 0.717) is 12.1 Å². The average Bonchev–Trinajstić information content (AvgIpc) is 2.30. The number of hydrogen-bond acceptors (Lipinski definition) is 3. The van der Waals surface area contributed by atoms with Gasteiger partial charge in [0.05, 0.1) is 0 Å². The van der Waals surface area contributed by atoms with Crippen molar-refractivity contribution in [2.45, 2.75) is 25.3 Å². The first-order valence-corrected chi connectivity index (χ1v) is 7.09. The second-order valence-corrected chi connectivity index (χ2v) is 5.41. The van der Waals surface area contributed by atoms with E-state index >= 15 is 0 Å². The molecule has 0 saturated heterocycles. The molecule has 2 N–H and O–H groups in total. The van der Waals surface area contributed by atoms with Crippen molar-refractivity contribution in [1.82, 2.24) is 10.0 Å². The largest absolute Gasteiger partial charge is 0.313 e. The summed E-state index contributed by atoms with van der Waals surface area (Å²) in [5, 5.41) is 2.92. The lowest BCUT2D eigenvalue weighted by atomic mass is 10.2. The Morgan fingerprint density at radius 3 is 2.39 bits per heavy atom. The molecule has 0 aliphatic heterocycles. The van der Waals surface area contributed by atoms with E-state index in [-0.39, 0.29) is 13.1 Å². The first-order chi connectivity index (χ1) is 8.42. The molecule has 0 atom stereocenters. The molecule has 7 heteroatoms. The van der Waals surface area contributed by atoms with E-state index in [1.54, 1.807) is 6.92 Å². The monoisotopic (exact) mass is 278 g/mol. The summed E-state index contributed by atoms with van der Waals surface area (Å²) >= 11 is 0. The quantitative estimate of drug-likeness (QED) is 0.826. The summed E-state index contributed by atoms with van der Waals surface area (Å²) in [5.74, 6) is -2.52. The number of nitrogens with one attached hydrogen (secondary N) is 2. The van der Waals surface area contributed by atoms with E-state index in [9.17, 15) is 17.2 Å². The third-order valence-electron chi connectivity index (χ3n) is 2.26. The molecule has 0 aromatic heterocycles. The predicted octanol–water partition coefficient (Wildman–Crippen LogP) is 1.37. The van der Waals surface area contributed by atoms with Crippen LogP contribution < -0.4 is 10.0 Å². The van der Waals surface area contributed by atoms with E-state index < -0.39 is 26.6 Å². The van der Waals surface area contributed by atoms with E-state index in [1.807, 2.05) is 6.92 Å². The van der Waals surface area contributed by atoms with Crippen molar-refractivity contribution in [3.8, 4) is 0 Å². The Labute approximate surface area is 105 Å². The SMILES string of the molecule is CCNCc1cc(F)c(F)c(S(=O)(=O)NCC)c1. The molecular weight excluding hydrogens is 262 g/mol. The summed E-state index contributed by atoms with van der Waals surface area (Å²) in [6, 6.07) is 2.13. The van der Waals surface area contributed by atoms with Crippen molar-refractivity contribution in [2.75, 3.05) is 13.1 Å². The highest BCUT2D eigenvalue weighted by Gasteiger charge is 2.22. The first kappa shape index (κ1) is 15.0. The molecule has 0 spiro atoms. The number of halogens is 2. The van der Waals surface area contributed by atoms with Crippen molar-refractivity contribution in [2.24, 2.45) is 0 Å². The first-order valence-electron chi connectivity index (χ1n) is 5.60. The summed E-state index contributed by atoms with van der Waals surface area (Å²) in [7, 11) is -4.00. The molecule has 0 aliphatic rings. The Hall–Kier alpha value is -1.05. The zero-order valence-electron chi connectivity index (χ0n) is 10.3. The molecule has 1 aromatic carbocycles. The summed E-state index contributed by atoms with van der Waals surface area (Å²) in [6.07, 6.45) is 0. The van der Waals surface area contributed by atoms with Gasteiger partial charge in [0.25, 0.3) is 0 Å². The fourth-order valence-corrected chi connectivity index (χ4v) is 2.63. The minimum Gasteiger partial charge on any atom is -0.313 e. The van der Waals surface area contributed by atoms with E-state index in [2.05, 4.69) is 10.0 Å². The molecule has 0 amide bonds. The summed E-state index contributed by atoms with van der Waals surface area (Å²) in [4.78, 5) is -0.655. The topological polar surface area (TPSA) is 58.2 Å². The van der Waals surface area contributed by atoms with Crippen molar-refractivity contribution in [3.05, 3.63) is 29.3 Å². The maximum atomic E-state index is 13.5. The lowest BCUT2D eigenvalue weighted by Crippen LogP contribution is -2.25. The van der Waals surface area contributed by atoms with Crippen LogP contribution in [-0.2, 0) is 16.6 Å². The highest BCUT2D eigenvalue weighted by atomic mass is 32.2. The number of rotatable bonds is 6. The van der Waals surface area contributed by atoms with Crippen LogP contribution >= 0.6 is 0 Å². The summed E-state index contributed by atoms with van der Waals surface area (Å²) in [6.45, 7) is 4.46. The highest BCUT2D eigenvalue weighted by molar-refractivity contribution is 7.89. The summed E-state index contributed by atoms with van der Waals surface area (Å²) in [5.41, 5.74) is 0.382. The van der Waals surface area contributed by atoms with Gasteiger partial charge in [-0.1, -0.05) is 13.8 Å². The fourth-order valence-electron chi connectivity index (χ4n) is 1.45. The van der Waals surface area contributed by atoms with Gasteiger partial charge in [-0.15, -0.1) is 0 Å². The maximum absolute atomic E-state index is 13.5. The molecular formula is C11H16F2N2O2S. The zero-order valence-corrected chi connectivity index (χ0v) is 11.1. The lowest BCUT2D eigenvalue weighted by molar-refractivity contribution is 0.480. The van der Waals surface area contributed by atoms with Crippen LogP contribution in [0.5, 0.6) is 0 Å². The minimum atomic E-state index is -4.00. The van der Waals surface area contributed by atoms with Gasteiger partial charge < -0.3 is 5.32 Å². The van der Waals surface area contributed by atoms with Crippen molar-refractivity contribution in [3.63, 3.8) is 0 Å². The molecule has 0 saturated carbocycles. The Bertz CT molecular complexity index is 518. The maximum Gasteiger partial charge on any atom is 0.243 e. The van der Waals surface area contributed by atoms with Gasteiger partial charge in [-0.25, -0.2) is 21.9 Å². The van der Waals surface area contributed by atoms with Crippen LogP contribution in [0.3, 0.4) is 0 Å². The Kier molecular flexibility index (Phi) is 5.18. The third kappa shape index (κ3) is 3.47. The number of benzene rings is 1. The van der Waals surface area contributed by atoms with Gasteiger partial charge in [0.15, 0.2) is 11.6 Å². The molecule has 0 radical (unpaired) electrons. The van der Waals surface area contributed by atoms with Gasteiger partial charge in [-0.05, 0) is 24.2 Å². The van der Waals surface area contributed by atoms with E-state index in [0.717, 1.165) is 12.1 Å². The Morgan fingerprint density at radius 2 is 1.83 bits per heavy atom. The minimum absolute atomic E-state index is 0.112. The molecule has 0 bridgehead atoms. The van der Waals surface area contributed by atoms with E-state index in [4.69, 9.17) is 0 Å². The van der Waals surface area contributed by atoms with Crippen LogP contribution in [0.25, 0.3) is 0 Å². The lowest BCUT2D eigenvalue weighted by Gasteiger charge is -2.09. The molecule has 4 nitrogen and oxygen atoms in total.